The van der Waals surface area contributed by atoms with E-state index in [1.807, 2.05) is 43.7 Å². The highest BCUT2D eigenvalue weighted by Crippen LogP contribution is 2.31. The molecule has 130 valence electrons. The summed E-state index contributed by atoms with van der Waals surface area (Å²) in [6, 6.07) is 6.33. The molecule has 1 aromatic carbocycles. The van der Waals surface area contributed by atoms with E-state index >= 15 is 0 Å². The van der Waals surface area contributed by atoms with Crippen LogP contribution in [-0.4, -0.2) is 32.7 Å². The Morgan fingerprint density at radius 2 is 2.17 bits per heavy atom. The van der Waals surface area contributed by atoms with E-state index in [0.717, 1.165) is 41.2 Å². The van der Waals surface area contributed by atoms with E-state index < -0.39 is 5.60 Å². The van der Waals surface area contributed by atoms with Gasteiger partial charge in [-0.15, -0.1) is 5.10 Å². The summed E-state index contributed by atoms with van der Waals surface area (Å²) in [5.41, 5.74) is 1.42. The van der Waals surface area contributed by atoms with Gasteiger partial charge < -0.3 is 10.1 Å². The van der Waals surface area contributed by atoms with Gasteiger partial charge in [-0.05, 0) is 74.5 Å². The van der Waals surface area contributed by atoms with Crippen LogP contribution in [0.15, 0.2) is 22.7 Å². The topological polar surface area (TPSA) is 69.0 Å². The van der Waals surface area contributed by atoms with Crippen molar-refractivity contribution in [2.45, 2.75) is 64.1 Å². The summed E-state index contributed by atoms with van der Waals surface area (Å²) in [5.74, 6) is 0. The van der Waals surface area contributed by atoms with Crippen molar-refractivity contribution >= 4 is 33.1 Å². The molecule has 1 fully saturated rings. The van der Waals surface area contributed by atoms with Gasteiger partial charge in [0.15, 0.2) is 0 Å². The number of hydrogen-bond donors (Lipinski definition) is 1. The van der Waals surface area contributed by atoms with E-state index in [1.165, 1.54) is 0 Å². The number of fused-ring (bicyclic) bond motifs is 1. The van der Waals surface area contributed by atoms with E-state index in [9.17, 15) is 4.79 Å². The fourth-order valence-corrected chi connectivity index (χ4v) is 3.63. The molecule has 0 aliphatic heterocycles. The first-order chi connectivity index (χ1) is 11.3. The normalized spacial score (nSPS) is 21.7. The summed E-state index contributed by atoms with van der Waals surface area (Å²) in [7, 11) is 0. The number of hydrogen-bond acceptors (Lipinski definition) is 4. The predicted molar refractivity (Wildman–Crippen MR) is 95.9 cm³/mol. The number of rotatable bonds is 2. The molecule has 0 saturated heterocycles. The molecule has 2 atom stereocenters. The molecule has 0 spiro atoms. The zero-order chi connectivity index (χ0) is 17.3. The van der Waals surface area contributed by atoms with Crippen molar-refractivity contribution in [2.75, 3.05) is 0 Å². The van der Waals surface area contributed by atoms with Crippen molar-refractivity contribution in [3.63, 3.8) is 0 Å². The van der Waals surface area contributed by atoms with E-state index in [-0.39, 0.29) is 18.2 Å². The second-order valence-corrected chi connectivity index (χ2v) is 8.16. The lowest BCUT2D eigenvalue weighted by molar-refractivity contribution is 0.0485. The lowest BCUT2D eigenvalue weighted by Crippen LogP contribution is -2.41. The molecule has 6 nitrogen and oxygen atoms in total. The Kier molecular flexibility index (Phi) is 4.80. The third-order valence-corrected chi connectivity index (χ3v) is 4.81. The SMILES string of the molecule is CC(C)(C)OC(=O)N[C@@H]1CCC[C@H](n2nnc3c(Br)cccc32)C1. The van der Waals surface area contributed by atoms with Gasteiger partial charge in [0.2, 0.25) is 0 Å². The van der Waals surface area contributed by atoms with Gasteiger partial charge in [-0.2, -0.15) is 0 Å². The van der Waals surface area contributed by atoms with Gasteiger partial charge in [0.25, 0.3) is 0 Å². The number of nitrogens with one attached hydrogen (secondary N) is 1. The maximum atomic E-state index is 12.0. The first kappa shape index (κ1) is 17.2. The van der Waals surface area contributed by atoms with Crippen LogP contribution < -0.4 is 5.32 Å². The van der Waals surface area contributed by atoms with Crippen LogP contribution in [0.4, 0.5) is 4.79 Å². The largest absolute Gasteiger partial charge is 0.444 e. The summed E-state index contributed by atoms with van der Waals surface area (Å²) in [4.78, 5) is 12.0. The van der Waals surface area contributed by atoms with Gasteiger partial charge in [-0.25, -0.2) is 9.48 Å². The molecule has 24 heavy (non-hydrogen) atoms. The molecule has 1 aromatic heterocycles. The highest BCUT2D eigenvalue weighted by molar-refractivity contribution is 9.10. The van der Waals surface area contributed by atoms with Crippen LogP contribution in [0.25, 0.3) is 11.0 Å². The molecule has 1 saturated carbocycles. The molecule has 0 unspecified atom stereocenters. The number of carbonyl (C=O) groups excluding carboxylic acids is 1. The van der Waals surface area contributed by atoms with Crippen molar-refractivity contribution in [1.82, 2.24) is 20.3 Å². The fourth-order valence-electron chi connectivity index (χ4n) is 3.19. The van der Waals surface area contributed by atoms with Crippen LogP contribution in [0.2, 0.25) is 0 Å². The smallest absolute Gasteiger partial charge is 0.407 e. The number of halogens is 1. The molecular formula is C17H23BrN4O2. The number of benzene rings is 1. The number of amides is 1. The number of carbonyl (C=O) groups is 1. The quantitative estimate of drug-likeness (QED) is 0.828. The molecule has 1 heterocycles. The van der Waals surface area contributed by atoms with Crippen molar-refractivity contribution in [3.05, 3.63) is 22.7 Å². The predicted octanol–water partition coefficient (Wildman–Crippen LogP) is 4.20. The van der Waals surface area contributed by atoms with Crippen molar-refractivity contribution < 1.29 is 9.53 Å². The Balaban J connectivity index is 1.71. The van der Waals surface area contributed by atoms with Gasteiger partial charge in [0, 0.05) is 10.5 Å². The Hall–Kier alpha value is -1.63. The minimum atomic E-state index is -0.480. The molecule has 1 aliphatic rings. The van der Waals surface area contributed by atoms with Crippen LogP contribution in [0.5, 0.6) is 0 Å². The fraction of sp³-hybridized carbons (Fsp3) is 0.588. The second-order valence-electron chi connectivity index (χ2n) is 7.31. The van der Waals surface area contributed by atoms with Crippen LogP contribution in [0, 0.1) is 0 Å². The average molecular weight is 395 g/mol. The first-order valence-corrected chi connectivity index (χ1v) is 9.12. The Morgan fingerprint density at radius 1 is 1.38 bits per heavy atom. The lowest BCUT2D eigenvalue weighted by atomic mass is 9.91. The second kappa shape index (κ2) is 6.70. The van der Waals surface area contributed by atoms with Gasteiger partial charge in [-0.3, -0.25) is 0 Å². The minimum absolute atomic E-state index is 0.102. The van der Waals surface area contributed by atoms with Crippen LogP contribution >= 0.6 is 15.9 Å². The van der Waals surface area contributed by atoms with E-state index in [0.29, 0.717) is 0 Å². The third-order valence-electron chi connectivity index (χ3n) is 4.17. The number of aromatic nitrogens is 3. The molecule has 0 bridgehead atoms. The van der Waals surface area contributed by atoms with E-state index in [1.54, 1.807) is 0 Å². The van der Waals surface area contributed by atoms with Crippen molar-refractivity contribution in [3.8, 4) is 0 Å². The number of nitrogens with zero attached hydrogens (tertiary/aromatic N) is 3. The molecular weight excluding hydrogens is 372 g/mol. The van der Waals surface area contributed by atoms with Crippen molar-refractivity contribution in [1.29, 1.82) is 0 Å². The number of ether oxygens (including phenoxy) is 1. The van der Waals surface area contributed by atoms with Crippen molar-refractivity contribution in [2.24, 2.45) is 0 Å². The lowest BCUT2D eigenvalue weighted by Gasteiger charge is -2.30. The highest BCUT2D eigenvalue weighted by atomic mass is 79.9. The maximum Gasteiger partial charge on any atom is 0.407 e. The summed E-state index contributed by atoms with van der Waals surface area (Å²) in [6.07, 6.45) is 3.54. The monoisotopic (exact) mass is 394 g/mol. The molecule has 0 radical (unpaired) electrons. The molecule has 1 aliphatic carbocycles. The summed E-state index contributed by atoms with van der Waals surface area (Å²) in [6.45, 7) is 5.61. The highest BCUT2D eigenvalue weighted by Gasteiger charge is 2.28. The van der Waals surface area contributed by atoms with Gasteiger partial charge >= 0.3 is 6.09 Å². The Morgan fingerprint density at radius 3 is 2.92 bits per heavy atom. The standard InChI is InChI=1S/C17H23BrN4O2/c1-17(2,3)24-16(23)19-11-6-4-7-12(10-11)22-14-9-5-8-13(18)15(14)20-21-22/h5,8-9,11-12H,4,6-7,10H2,1-3H3,(H,19,23)/t11-,12+/m1/s1. The molecule has 3 rings (SSSR count). The van der Waals surface area contributed by atoms with Crippen LogP contribution in [-0.2, 0) is 4.74 Å². The van der Waals surface area contributed by atoms with Gasteiger partial charge in [0.1, 0.15) is 11.1 Å². The maximum absolute atomic E-state index is 12.0. The zero-order valence-corrected chi connectivity index (χ0v) is 15.8. The molecule has 1 N–H and O–H groups in total. The summed E-state index contributed by atoms with van der Waals surface area (Å²) in [5, 5.41) is 11.6. The summed E-state index contributed by atoms with van der Waals surface area (Å²) < 4.78 is 8.30. The minimum Gasteiger partial charge on any atom is -0.444 e. The molecule has 1 amide bonds. The zero-order valence-electron chi connectivity index (χ0n) is 14.3. The first-order valence-electron chi connectivity index (χ1n) is 8.32. The van der Waals surface area contributed by atoms with Crippen LogP contribution in [0.3, 0.4) is 0 Å². The third kappa shape index (κ3) is 3.88. The molecule has 2 aromatic rings. The van der Waals surface area contributed by atoms with Crippen LogP contribution in [0.1, 0.15) is 52.5 Å². The summed E-state index contributed by atoms with van der Waals surface area (Å²) >= 11 is 3.52. The Bertz CT molecular complexity index is 738. The Labute approximate surface area is 150 Å². The van der Waals surface area contributed by atoms with Gasteiger partial charge in [-0.1, -0.05) is 11.3 Å². The number of alkyl carbamates (subject to hydrolysis) is 1. The van der Waals surface area contributed by atoms with Gasteiger partial charge in [0.05, 0.1) is 11.6 Å². The molecule has 7 heteroatoms. The van der Waals surface area contributed by atoms with E-state index in [2.05, 4.69) is 31.6 Å². The average Bonchev–Trinajstić information content (AvgIpc) is 2.91. The van der Waals surface area contributed by atoms with E-state index in [4.69, 9.17) is 4.74 Å².